The van der Waals surface area contributed by atoms with E-state index in [1.54, 1.807) is 23.1 Å². The van der Waals surface area contributed by atoms with Crippen molar-refractivity contribution in [3.8, 4) is 0 Å². The van der Waals surface area contributed by atoms with Gasteiger partial charge in [0.05, 0.1) is 10.5 Å². The molecule has 2 aromatic rings. The molecule has 142 valence electrons. The minimum Gasteiger partial charge on any atom is -0.478 e. The largest absolute Gasteiger partial charge is 0.478 e. The number of hydrogen-bond acceptors (Lipinski definition) is 4. The minimum atomic E-state index is -3.56. The molecule has 7 nitrogen and oxygen atoms in total. The minimum absolute atomic E-state index is 0.0534. The molecule has 0 spiro atoms. The second kappa shape index (κ2) is 7.13. The van der Waals surface area contributed by atoms with Crippen molar-refractivity contribution in [3.63, 3.8) is 0 Å². The summed E-state index contributed by atoms with van der Waals surface area (Å²) in [6.45, 7) is 0.644. The third-order valence-corrected chi connectivity index (χ3v) is 6.53. The number of fused-ring (bicyclic) bond motifs is 1. The Morgan fingerprint density at radius 3 is 2.41 bits per heavy atom. The van der Waals surface area contributed by atoms with Crippen molar-refractivity contribution in [2.45, 2.75) is 17.9 Å². The Kier molecular flexibility index (Phi) is 5.03. The highest BCUT2D eigenvalue weighted by molar-refractivity contribution is 7.89. The first-order chi connectivity index (χ1) is 12.7. The maximum Gasteiger partial charge on any atom is 0.335 e. The van der Waals surface area contributed by atoms with E-state index in [2.05, 4.69) is 0 Å². The summed E-state index contributed by atoms with van der Waals surface area (Å²) in [7, 11) is -0.581. The van der Waals surface area contributed by atoms with E-state index in [0.29, 0.717) is 18.5 Å². The van der Waals surface area contributed by atoms with Crippen molar-refractivity contribution in [1.29, 1.82) is 0 Å². The standard InChI is InChI=1S/C19H20N2O5S/c1-20(2)27(25,26)17-8-4-7-15-12-21(10-9-16(15)17)18(22)13-5-3-6-14(11-13)19(23)24/h3-8,11H,9-10,12H2,1-2H3,(H,23,24). The van der Waals surface area contributed by atoms with Crippen LogP contribution in [0.15, 0.2) is 47.4 Å². The molecule has 0 aliphatic carbocycles. The van der Waals surface area contributed by atoms with Gasteiger partial charge in [0.25, 0.3) is 5.91 Å². The first kappa shape index (κ1) is 19.1. The number of aromatic carboxylic acids is 1. The number of benzene rings is 2. The van der Waals surface area contributed by atoms with Gasteiger partial charge in [0, 0.05) is 32.7 Å². The van der Waals surface area contributed by atoms with E-state index in [9.17, 15) is 18.0 Å². The zero-order chi connectivity index (χ0) is 19.8. The lowest BCUT2D eigenvalue weighted by Crippen LogP contribution is -2.37. The molecule has 1 heterocycles. The van der Waals surface area contributed by atoms with Crippen molar-refractivity contribution in [1.82, 2.24) is 9.21 Å². The molecule has 1 N–H and O–H groups in total. The predicted molar refractivity (Wildman–Crippen MR) is 99.2 cm³/mol. The van der Waals surface area contributed by atoms with Crippen molar-refractivity contribution < 1.29 is 23.1 Å². The predicted octanol–water partition coefficient (Wildman–Crippen LogP) is 1.83. The fourth-order valence-corrected chi connectivity index (χ4v) is 4.34. The lowest BCUT2D eigenvalue weighted by Gasteiger charge is -2.30. The molecule has 1 aliphatic rings. The molecule has 0 atom stereocenters. The van der Waals surface area contributed by atoms with Crippen LogP contribution in [0.5, 0.6) is 0 Å². The molecular formula is C19H20N2O5S. The third kappa shape index (κ3) is 3.58. The average molecular weight is 388 g/mol. The average Bonchev–Trinajstić information content (AvgIpc) is 2.66. The fraction of sp³-hybridized carbons (Fsp3) is 0.263. The van der Waals surface area contributed by atoms with E-state index in [1.165, 1.54) is 36.6 Å². The van der Waals surface area contributed by atoms with Gasteiger partial charge in [0.15, 0.2) is 0 Å². The number of carboxylic acids is 1. The number of rotatable bonds is 4. The topological polar surface area (TPSA) is 95.0 Å². The summed E-state index contributed by atoms with van der Waals surface area (Å²) >= 11 is 0. The molecule has 0 aromatic heterocycles. The van der Waals surface area contributed by atoms with E-state index >= 15 is 0 Å². The van der Waals surface area contributed by atoms with Crippen LogP contribution >= 0.6 is 0 Å². The molecule has 1 amide bonds. The number of carbonyl (C=O) groups is 2. The number of carboxylic acid groups (broad SMARTS) is 1. The smallest absolute Gasteiger partial charge is 0.335 e. The fourth-order valence-electron chi connectivity index (χ4n) is 3.15. The van der Waals surface area contributed by atoms with Gasteiger partial charge in [-0.05, 0) is 41.8 Å². The molecule has 0 fully saturated rings. The Labute approximate surface area is 157 Å². The number of sulfonamides is 1. The van der Waals surface area contributed by atoms with Crippen LogP contribution < -0.4 is 0 Å². The SMILES string of the molecule is CN(C)S(=O)(=O)c1cccc2c1CCN(C(=O)c1cccc(C(=O)O)c1)C2. The van der Waals surface area contributed by atoms with Gasteiger partial charge in [-0.1, -0.05) is 18.2 Å². The van der Waals surface area contributed by atoms with Crippen LogP contribution in [0.1, 0.15) is 31.8 Å². The molecule has 0 saturated carbocycles. The van der Waals surface area contributed by atoms with Gasteiger partial charge in [-0.25, -0.2) is 17.5 Å². The summed E-state index contributed by atoms with van der Waals surface area (Å²) in [5, 5.41) is 9.10. The van der Waals surface area contributed by atoms with Gasteiger partial charge in [-0.15, -0.1) is 0 Å². The maximum absolute atomic E-state index is 12.8. The molecular weight excluding hydrogens is 368 g/mol. The molecule has 0 radical (unpaired) electrons. The lowest BCUT2D eigenvalue weighted by molar-refractivity contribution is 0.0697. The van der Waals surface area contributed by atoms with Gasteiger partial charge >= 0.3 is 5.97 Å². The summed E-state index contributed by atoms with van der Waals surface area (Å²) in [6.07, 6.45) is 0.420. The summed E-state index contributed by atoms with van der Waals surface area (Å²) in [6, 6.07) is 11.0. The van der Waals surface area contributed by atoms with Gasteiger partial charge in [0.2, 0.25) is 10.0 Å². The van der Waals surface area contributed by atoms with Crippen LogP contribution in [-0.2, 0) is 23.0 Å². The molecule has 8 heteroatoms. The van der Waals surface area contributed by atoms with Crippen molar-refractivity contribution in [2.75, 3.05) is 20.6 Å². The Balaban J connectivity index is 1.90. The summed E-state index contributed by atoms with van der Waals surface area (Å²) in [5.41, 5.74) is 1.87. The van der Waals surface area contributed by atoms with E-state index in [4.69, 9.17) is 5.11 Å². The van der Waals surface area contributed by atoms with Gasteiger partial charge < -0.3 is 10.0 Å². The lowest BCUT2D eigenvalue weighted by atomic mass is 9.99. The molecule has 3 rings (SSSR count). The molecule has 0 bridgehead atoms. The van der Waals surface area contributed by atoms with Crippen LogP contribution in [0, 0.1) is 0 Å². The second-order valence-corrected chi connectivity index (χ2v) is 8.66. The van der Waals surface area contributed by atoms with Crippen LogP contribution in [0.3, 0.4) is 0 Å². The first-order valence-electron chi connectivity index (χ1n) is 8.37. The number of amides is 1. The van der Waals surface area contributed by atoms with Gasteiger partial charge in [0.1, 0.15) is 0 Å². The van der Waals surface area contributed by atoms with E-state index in [1.807, 2.05) is 6.07 Å². The summed E-state index contributed by atoms with van der Waals surface area (Å²) in [5.74, 6) is -1.36. The molecule has 27 heavy (non-hydrogen) atoms. The van der Waals surface area contributed by atoms with Crippen LogP contribution in [0.4, 0.5) is 0 Å². The van der Waals surface area contributed by atoms with E-state index in [-0.39, 0.29) is 22.9 Å². The highest BCUT2D eigenvalue weighted by Crippen LogP contribution is 2.28. The summed E-state index contributed by atoms with van der Waals surface area (Å²) in [4.78, 5) is 25.8. The zero-order valence-electron chi connectivity index (χ0n) is 15.0. The Hall–Kier alpha value is -2.71. The van der Waals surface area contributed by atoms with Gasteiger partial charge in [-0.3, -0.25) is 4.79 Å². The van der Waals surface area contributed by atoms with E-state index in [0.717, 1.165) is 11.1 Å². The molecule has 2 aromatic carbocycles. The zero-order valence-corrected chi connectivity index (χ0v) is 15.9. The second-order valence-electron chi connectivity index (χ2n) is 6.54. The normalized spacial score (nSPS) is 14.1. The maximum atomic E-state index is 12.8. The highest BCUT2D eigenvalue weighted by atomic mass is 32.2. The van der Waals surface area contributed by atoms with Crippen LogP contribution in [0.25, 0.3) is 0 Å². The quantitative estimate of drug-likeness (QED) is 0.862. The Morgan fingerprint density at radius 2 is 1.74 bits per heavy atom. The van der Waals surface area contributed by atoms with Crippen molar-refractivity contribution in [2.24, 2.45) is 0 Å². The molecule has 1 aliphatic heterocycles. The first-order valence-corrected chi connectivity index (χ1v) is 9.81. The van der Waals surface area contributed by atoms with Crippen molar-refractivity contribution in [3.05, 3.63) is 64.7 Å². The molecule has 0 unspecified atom stereocenters. The van der Waals surface area contributed by atoms with E-state index < -0.39 is 16.0 Å². The Bertz CT molecular complexity index is 1010. The molecule has 0 saturated heterocycles. The monoisotopic (exact) mass is 388 g/mol. The Morgan fingerprint density at radius 1 is 1.07 bits per heavy atom. The summed E-state index contributed by atoms with van der Waals surface area (Å²) < 4.78 is 26.2. The number of hydrogen-bond donors (Lipinski definition) is 1. The van der Waals surface area contributed by atoms with Gasteiger partial charge in [-0.2, -0.15) is 0 Å². The van der Waals surface area contributed by atoms with Crippen LogP contribution in [0.2, 0.25) is 0 Å². The third-order valence-electron chi connectivity index (χ3n) is 4.63. The number of carbonyl (C=O) groups excluding carboxylic acids is 1. The van der Waals surface area contributed by atoms with Crippen LogP contribution in [-0.4, -0.2) is 55.2 Å². The number of nitrogens with zero attached hydrogens (tertiary/aromatic N) is 2. The highest BCUT2D eigenvalue weighted by Gasteiger charge is 2.28. The van der Waals surface area contributed by atoms with Crippen molar-refractivity contribution >= 4 is 21.9 Å².